The minimum Gasteiger partial charge on any atom is -0.325 e. The van der Waals surface area contributed by atoms with Crippen LogP contribution < -0.4 is 5.32 Å². The number of sulfone groups is 1. The summed E-state index contributed by atoms with van der Waals surface area (Å²) in [4.78, 5) is 17.0. The Balaban J connectivity index is 1.45. The van der Waals surface area contributed by atoms with Crippen molar-refractivity contribution in [2.45, 2.75) is 11.8 Å². The molecule has 3 aromatic carbocycles. The lowest BCUT2D eigenvalue weighted by Gasteiger charge is -2.07. The Bertz CT molecular complexity index is 1240. The highest BCUT2D eigenvalue weighted by molar-refractivity contribution is 7.92. The molecule has 0 atom stereocenters. The van der Waals surface area contributed by atoms with Gasteiger partial charge in [0.25, 0.3) is 0 Å². The third-order valence-corrected chi connectivity index (χ3v) is 7.13. The van der Waals surface area contributed by atoms with Gasteiger partial charge in [-0.25, -0.2) is 13.4 Å². The van der Waals surface area contributed by atoms with Gasteiger partial charge in [-0.15, -0.1) is 11.3 Å². The summed E-state index contributed by atoms with van der Waals surface area (Å²) in [7, 11) is -3.68. The third-order valence-electron chi connectivity index (χ3n) is 4.41. The minimum atomic E-state index is -3.68. The lowest BCUT2D eigenvalue weighted by Crippen LogP contribution is -2.23. The molecular formula is C22H18N2O3S2. The number of fused-ring (bicyclic) bond motifs is 1. The van der Waals surface area contributed by atoms with Crippen LogP contribution in [0.25, 0.3) is 20.8 Å². The Hall–Kier alpha value is -3.03. The maximum Gasteiger partial charge on any atom is 0.239 e. The number of hydrogen-bond acceptors (Lipinski definition) is 5. The maximum absolute atomic E-state index is 12.4. The van der Waals surface area contributed by atoms with E-state index in [0.29, 0.717) is 5.69 Å². The maximum atomic E-state index is 12.4. The van der Waals surface area contributed by atoms with Crippen LogP contribution in [-0.2, 0) is 14.6 Å². The Kier molecular flexibility index (Phi) is 5.17. The van der Waals surface area contributed by atoms with Gasteiger partial charge >= 0.3 is 0 Å². The zero-order valence-corrected chi connectivity index (χ0v) is 17.3. The predicted octanol–water partition coefficient (Wildman–Crippen LogP) is 4.68. The van der Waals surface area contributed by atoms with Crippen molar-refractivity contribution in [1.82, 2.24) is 4.98 Å². The van der Waals surface area contributed by atoms with Crippen LogP contribution in [0.15, 0.2) is 77.7 Å². The second kappa shape index (κ2) is 7.77. The van der Waals surface area contributed by atoms with Gasteiger partial charge in [0.2, 0.25) is 5.91 Å². The highest BCUT2D eigenvalue weighted by atomic mass is 32.2. The summed E-state index contributed by atoms with van der Waals surface area (Å²) in [5, 5.41) is 3.54. The van der Waals surface area contributed by atoms with E-state index in [2.05, 4.69) is 10.3 Å². The smallest absolute Gasteiger partial charge is 0.239 e. The summed E-state index contributed by atoms with van der Waals surface area (Å²) >= 11 is 1.60. The van der Waals surface area contributed by atoms with Gasteiger partial charge in [-0.3, -0.25) is 4.79 Å². The van der Waals surface area contributed by atoms with E-state index in [9.17, 15) is 13.2 Å². The predicted molar refractivity (Wildman–Crippen MR) is 117 cm³/mol. The van der Waals surface area contributed by atoms with Gasteiger partial charge in [-0.2, -0.15) is 0 Å². The largest absolute Gasteiger partial charge is 0.325 e. The van der Waals surface area contributed by atoms with E-state index in [-0.39, 0.29) is 4.90 Å². The number of carbonyl (C=O) groups excluding carboxylic acids is 1. The molecule has 5 nitrogen and oxygen atoms in total. The summed E-state index contributed by atoms with van der Waals surface area (Å²) in [6.45, 7) is 1.88. The Labute approximate surface area is 173 Å². The molecule has 0 radical (unpaired) electrons. The summed E-state index contributed by atoms with van der Waals surface area (Å²) in [5.41, 5.74) is 3.39. The van der Waals surface area contributed by atoms with E-state index in [4.69, 9.17) is 0 Å². The molecule has 0 spiro atoms. The zero-order valence-electron chi connectivity index (χ0n) is 15.6. The molecule has 0 aliphatic rings. The van der Waals surface area contributed by atoms with Gasteiger partial charge in [0, 0.05) is 11.3 Å². The SMILES string of the molecule is Cc1ccc(S(=O)(=O)CC(=O)Nc2ccc(-c3nc4ccccc4s3)cc2)cc1. The molecule has 0 bridgehead atoms. The van der Waals surface area contributed by atoms with Crippen molar-refractivity contribution in [1.29, 1.82) is 0 Å². The van der Waals surface area contributed by atoms with Crippen LogP contribution in [0, 0.1) is 6.92 Å². The Morgan fingerprint density at radius 2 is 1.66 bits per heavy atom. The molecule has 0 unspecified atom stereocenters. The normalized spacial score (nSPS) is 11.5. The van der Waals surface area contributed by atoms with E-state index in [1.807, 2.05) is 43.3 Å². The lowest BCUT2D eigenvalue weighted by molar-refractivity contribution is -0.113. The van der Waals surface area contributed by atoms with E-state index >= 15 is 0 Å². The molecule has 1 amide bonds. The standard InChI is InChI=1S/C22H18N2O3S2/c1-15-6-12-18(13-7-15)29(26,27)14-21(25)23-17-10-8-16(9-11-17)22-24-19-4-2-3-5-20(19)28-22/h2-13H,14H2,1H3,(H,23,25). The van der Waals surface area contributed by atoms with Gasteiger partial charge in [-0.1, -0.05) is 29.8 Å². The van der Waals surface area contributed by atoms with Gasteiger partial charge < -0.3 is 5.32 Å². The molecule has 29 heavy (non-hydrogen) atoms. The minimum absolute atomic E-state index is 0.143. The second-order valence-corrected chi connectivity index (χ2v) is 9.70. The molecule has 0 aliphatic carbocycles. The quantitative estimate of drug-likeness (QED) is 0.506. The van der Waals surface area contributed by atoms with Crippen LogP contribution >= 0.6 is 11.3 Å². The topological polar surface area (TPSA) is 76.1 Å². The molecule has 0 saturated carbocycles. The van der Waals surface area contributed by atoms with Crippen molar-refractivity contribution in [3.8, 4) is 10.6 Å². The number of aromatic nitrogens is 1. The summed E-state index contributed by atoms with van der Waals surface area (Å²) in [6, 6.07) is 21.6. The number of anilines is 1. The first-order valence-corrected chi connectivity index (χ1v) is 11.4. The Morgan fingerprint density at radius 3 is 2.34 bits per heavy atom. The molecule has 1 heterocycles. The van der Waals surface area contributed by atoms with Crippen molar-refractivity contribution in [2.24, 2.45) is 0 Å². The van der Waals surface area contributed by atoms with Crippen LogP contribution in [-0.4, -0.2) is 25.1 Å². The van der Waals surface area contributed by atoms with E-state index in [1.54, 1.807) is 35.6 Å². The van der Waals surface area contributed by atoms with Crippen molar-refractivity contribution in [3.63, 3.8) is 0 Å². The van der Waals surface area contributed by atoms with Gasteiger partial charge in [0.15, 0.2) is 9.84 Å². The molecule has 0 saturated heterocycles. The number of rotatable bonds is 5. The fraction of sp³-hybridized carbons (Fsp3) is 0.0909. The number of nitrogens with zero attached hydrogens (tertiary/aromatic N) is 1. The van der Waals surface area contributed by atoms with Crippen molar-refractivity contribution in [2.75, 3.05) is 11.1 Å². The fourth-order valence-corrected chi connectivity index (χ4v) is 5.00. The summed E-state index contributed by atoms with van der Waals surface area (Å²) < 4.78 is 25.9. The molecule has 4 aromatic rings. The van der Waals surface area contributed by atoms with Crippen molar-refractivity contribution < 1.29 is 13.2 Å². The number of amides is 1. The fourth-order valence-electron chi connectivity index (χ4n) is 2.89. The molecule has 1 N–H and O–H groups in total. The van der Waals surface area contributed by atoms with Crippen molar-refractivity contribution in [3.05, 3.63) is 78.4 Å². The van der Waals surface area contributed by atoms with Crippen LogP contribution in [0.2, 0.25) is 0 Å². The average molecular weight is 423 g/mol. The highest BCUT2D eigenvalue weighted by Crippen LogP contribution is 2.30. The first kappa shape index (κ1) is 19.3. The number of hydrogen-bond donors (Lipinski definition) is 1. The average Bonchev–Trinajstić information content (AvgIpc) is 3.12. The number of benzene rings is 3. The van der Waals surface area contributed by atoms with Crippen LogP contribution in [0.5, 0.6) is 0 Å². The lowest BCUT2D eigenvalue weighted by atomic mass is 10.2. The van der Waals surface area contributed by atoms with Crippen LogP contribution in [0.3, 0.4) is 0 Å². The van der Waals surface area contributed by atoms with Crippen LogP contribution in [0.4, 0.5) is 5.69 Å². The molecule has 1 aromatic heterocycles. The number of nitrogens with one attached hydrogen (secondary N) is 1. The first-order valence-electron chi connectivity index (χ1n) is 8.96. The van der Waals surface area contributed by atoms with Crippen LogP contribution in [0.1, 0.15) is 5.56 Å². The zero-order chi connectivity index (χ0) is 20.4. The monoisotopic (exact) mass is 422 g/mol. The molecular weight excluding hydrogens is 404 g/mol. The van der Waals surface area contributed by atoms with E-state index in [0.717, 1.165) is 26.4 Å². The molecule has 7 heteroatoms. The summed E-state index contributed by atoms with van der Waals surface area (Å²) in [6.07, 6.45) is 0. The highest BCUT2D eigenvalue weighted by Gasteiger charge is 2.19. The number of carbonyl (C=O) groups is 1. The first-order chi connectivity index (χ1) is 13.9. The molecule has 4 rings (SSSR count). The number of thiazole rings is 1. The third kappa shape index (κ3) is 4.36. The van der Waals surface area contributed by atoms with E-state index < -0.39 is 21.5 Å². The molecule has 0 fully saturated rings. The van der Waals surface area contributed by atoms with E-state index in [1.165, 1.54) is 12.1 Å². The van der Waals surface area contributed by atoms with Gasteiger partial charge in [0.1, 0.15) is 10.8 Å². The summed E-state index contributed by atoms with van der Waals surface area (Å²) in [5.74, 6) is -1.17. The van der Waals surface area contributed by atoms with Crippen molar-refractivity contribution >= 4 is 43.0 Å². The second-order valence-electron chi connectivity index (χ2n) is 6.68. The molecule has 146 valence electrons. The number of para-hydroxylation sites is 1. The van der Waals surface area contributed by atoms with Gasteiger partial charge in [-0.05, 0) is 55.5 Å². The Morgan fingerprint density at radius 1 is 0.966 bits per heavy atom. The molecule has 0 aliphatic heterocycles. The van der Waals surface area contributed by atoms with Gasteiger partial charge in [0.05, 0.1) is 15.1 Å². The number of aryl methyl sites for hydroxylation is 1.